The lowest BCUT2D eigenvalue weighted by atomic mass is 10.1. The van der Waals surface area contributed by atoms with Gasteiger partial charge in [-0.2, -0.15) is 9.78 Å². The van der Waals surface area contributed by atoms with Crippen LogP contribution in [0.25, 0.3) is 0 Å². The smallest absolute Gasteiger partial charge is 0.341 e. The molecule has 0 spiro atoms. The summed E-state index contributed by atoms with van der Waals surface area (Å²) >= 11 is 0. The van der Waals surface area contributed by atoms with Gasteiger partial charge in [-0.15, -0.1) is 0 Å². The van der Waals surface area contributed by atoms with Crippen LogP contribution in [0.5, 0.6) is 0 Å². The number of hydrogen-bond donors (Lipinski definition) is 2. The van der Waals surface area contributed by atoms with E-state index in [9.17, 15) is 4.79 Å². The van der Waals surface area contributed by atoms with Crippen LogP contribution >= 0.6 is 0 Å². The third-order valence-corrected chi connectivity index (χ3v) is 3.50. The highest BCUT2D eigenvalue weighted by Crippen LogP contribution is 2.26. The molecule has 2 aromatic heterocycles. The maximum Gasteiger partial charge on any atom is 0.341 e. The van der Waals surface area contributed by atoms with E-state index >= 15 is 0 Å². The summed E-state index contributed by atoms with van der Waals surface area (Å²) < 4.78 is 1.28. The van der Waals surface area contributed by atoms with Crippen molar-refractivity contribution in [1.29, 1.82) is 0 Å². The molecule has 0 bridgehead atoms. The summed E-state index contributed by atoms with van der Waals surface area (Å²) in [5.41, 5.74) is 8.31. The van der Waals surface area contributed by atoms with Gasteiger partial charge >= 0.3 is 6.03 Å². The van der Waals surface area contributed by atoms with Crippen molar-refractivity contribution in [2.45, 2.75) is 25.7 Å². The first-order valence-electron chi connectivity index (χ1n) is 6.80. The van der Waals surface area contributed by atoms with Crippen molar-refractivity contribution < 1.29 is 4.79 Å². The van der Waals surface area contributed by atoms with Gasteiger partial charge < -0.3 is 11.1 Å². The Labute approximate surface area is 117 Å². The lowest BCUT2D eigenvalue weighted by molar-refractivity contribution is 0.248. The Balaban J connectivity index is 2.00. The molecule has 1 amide bonds. The summed E-state index contributed by atoms with van der Waals surface area (Å²) in [5.74, 6) is 0.751. The van der Waals surface area contributed by atoms with E-state index in [0.717, 1.165) is 48.6 Å². The van der Waals surface area contributed by atoms with Crippen molar-refractivity contribution in [3.05, 3.63) is 41.3 Å². The second-order valence-corrected chi connectivity index (χ2v) is 4.91. The Bertz CT molecular complexity index is 620. The monoisotopic (exact) mass is 271 g/mol. The van der Waals surface area contributed by atoms with Gasteiger partial charge in [0.2, 0.25) is 0 Å². The number of carbonyl (C=O) groups excluding carboxylic acids is 1. The maximum atomic E-state index is 11.5. The quantitative estimate of drug-likeness (QED) is 0.867. The molecule has 0 radical (unpaired) electrons. The van der Waals surface area contributed by atoms with E-state index in [0.29, 0.717) is 6.42 Å². The number of amides is 1. The first kappa shape index (κ1) is 12.7. The minimum absolute atomic E-state index is 0.553. The van der Waals surface area contributed by atoms with Gasteiger partial charge in [0.25, 0.3) is 0 Å². The standard InChI is InChI=1S/C14H17N5O/c15-14(20)19-13-11(6-2-4-8-17-13)12(18-19)9-10-5-1-3-7-16-10/h1,3,5,7,17H,2,4,6,8-9H2,(H2,15,20). The molecule has 3 rings (SSSR count). The summed E-state index contributed by atoms with van der Waals surface area (Å²) in [5, 5.41) is 7.63. The van der Waals surface area contributed by atoms with E-state index < -0.39 is 6.03 Å². The molecule has 6 heteroatoms. The predicted octanol–water partition coefficient (Wildman–Crippen LogP) is 1.54. The van der Waals surface area contributed by atoms with Crippen LogP contribution in [0.1, 0.15) is 29.8 Å². The fourth-order valence-corrected chi connectivity index (χ4v) is 2.55. The zero-order valence-corrected chi connectivity index (χ0v) is 11.2. The molecule has 2 aromatic rings. The SMILES string of the molecule is NC(=O)n1nc(Cc2ccccn2)c2c1NCCCC2. The average molecular weight is 271 g/mol. The van der Waals surface area contributed by atoms with Crippen LogP contribution in [-0.2, 0) is 12.8 Å². The van der Waals surface area contributed by atoms with Gasteiger partial charge in [0.15, 0.2) is 0 Å². The largest absolute Gasteiger partial charge is 0.370 e. The molecule has 0 aromatic carbocycles. The Morgan fingerprint density at radius 2 is 2.30 bits per heavy atom. The molecule has 0 aliphatic carbocycles. The second kappa shape index (κ2) is 5.32. The highest BCUT2D eigenvalue weighted by Gasteiger charge is 2.22. The number of pyridine rings is 1. The number of nitrogens with zero attached hydrogens (tertiary/aromatic N) is 3. The summed E-state index contributed by atoms with van der Waals surface area (Å²) in [6, 6.07) is 5.24. The van der Waals surface area contributed by atoms with Crippen LogP contribution in [0.2, 0.25) is 0 Å². The molecule has 0 fully saturated rings. The molecule has 3 N–H and O–H groups in total. The van der Waals surface area contributed by atoms with E-state index in [1.807, 2.05) is 18.2 Å². The molecule has 1 aliphatic heterocycles. The van der Waals surface area contributed by atoms with Gasteiger partial charge in [0.05, 0.1) is 5.69 Å². The third-order valence-electron chi connectivity index (χ3n) is 3.50. The number of anilines is 1. The lowest BCUT2D eigenvalue weighted by Gasteiger charge is -2.04. The molecule has 0 saturated heterocycles. The molecular formula is C14H17N5O. The van der Waals surface area contributed by atoms with Crippen molar-refractivity contribution in [3.8, 4) is 0 Å². The van der Waals surface area contributed by atoms with Crippen molar-refractivity contribution in [2.24, 2.45) is 5.73 Å². The van der Waals surface area contributed by atoms with Gasteiger partial charge in [-0.25, -0.2) is 4.79 Å². The van der Waals surface area contributed by atoms with Crippen LogP contribution in [0.3, 0.4) is 0 Å². The van der Waals surface area contributed by atoms with Gasteiger partial charge in [-0.1, -0.05) is 6.07 Å². The number of fused-ring (bicyclic) bond motifs is 1. The number of nitrogens with two attached hydrogens (primary N) is 1. The fourth-order valence-electron chi connectivity index (χ4n) is 2.55. The fraction of sp³-hybridized carbons (Fsp3) is 0.357. The van der Waals surface area contributed by atoms with Gasteiger partial charge in [-0.05, 0) is 31.4 Å². The molecular weight excluding hydrogens is 254 g/mol. The Morgan fingerprint density at radius 3 is 3.05 bits per heavy atom. The van der Waals surface area contributed by atoms with E-state index in [1.165, 1.54) is 4.68 Å². The molecule has 3 heterocycles. The average Bonchev–Trinajstić information content (AvgIpc) is 2.63. The highest BCUT2D eigenvalue weighted by atomic mass is 16.2. The van der Waals surface area contributed by atoms with Crippen molar-refractivity contribution >= 4 is 11.8 Å². The van der Waals surface area contributed by atoms with E-state index in [4.69, 9.17) is 5.73 Å². The first-order chi connectivity index (χ1) is 9.75. The van der Waals surface area contributed by atoms with Crippen LogP contribution in [0.4, 0.5) is 10.6 Å². The van der Waals surface area contributed by atoms with E-state index in [1.54, 1.807) is 6.20 Å². The van der Waals surface area contributed by atoms with Gasteiger partial charge in [0.1, 0.15) is 5.82 Å². The number of aromatic nitrogens is 3. The zero-order valence-electron chi connectivity index (χ0n) is 11.2. The minimum atomic E-state index is -0.553. The van der Waals surface area contributed by atoms with Crippen LogP contribution in [0.15, 0.2) is 24.4 Å². The first-order valence-corrected chi connectivity index (χ1v) is 6.80. The number of nitrogens with one attached hydrogen (secondary N) is 1. The molecule has 0 unspecified atom stereocenters. The van der Waals surface area contributed by atoms with E-state index in [2.05, 4.69) is 15.4 Å². The molecule has 6 nitrogen and oxygen atoms in total. The summed E-state index contributed by atoms with van der Waals surface area (Å²) in [4.78, 5) is 15.8. The number of carbonyl (C=O) groups is 1. The zero-order chi connectivity index (χ0) is 13.9. The van der Waals surface area contributed by atoms with E-state index in [-0.39, 0.29) is 0 Å². The van der Waals surface area contributed by atoms with Gasteiger partial charge in [0, 0.05) is 30.4 Å². The molecule has 0 atom stereocenters. The number of hydrogen-bond acceptors (Lipinski definition) is 4. The number of rotatable bonds is 2. The number of primary amides is 1. The maximum absolute atomic E-state index is 11.5. The predicted molar refractivity (Wildman–Crippen MR) is 75.7 cm³/mol. The Kier molecular flexibility index (Phi) is 3.37. The highest BCUT2D eigenvalue weighted by molar-refractivity contribution is 5.79. The minimum Gasteiger partial charge on any atom is -0.370 e. The topological polar surface area (TPSA) is 85.8 Å². The molecule has 0 saturated carbocycles. The van der Waals surface area contributed by atoms with Crippen LogP contribution in [-0.4, -0.2) is 27.3 Å². The lowest BCUT2D eigenvalue weighted by Crippen LogP contribution is -2.23. The van der Waals surface area contributed by atoms with Gasteiger partial charge in [-0.3, -0.25) is 4.98 Å². The molecule has 104 valence electrons. The van der Waals surface area contributed by atoms with Crippen molar-refractivity contribution in [2.75, 3.05) is 11.9 Å². The van der Waals surface area contributed by atoms with Crippen molar-refractivity contribution in [1.82, 2.24) is 14.8 Å². The summed E-state index contributed by atoms with van der Waals surface area (Å²) in [6.07, 6.45) is 5.45. The summed E-state index contributed by atoms with van der Waals surface area (Å²) in [7, 11) is 0. The van der Waals surface area contributed by atoms with Crippen LogP contribution in [0, 0.1) is 0 Å². The molecule has 20 heavy (non-hydrogen) atoms. The summed E-state index contributed by atoms with van der Waals surface area (Å²) in [6.45, 7) is 0.842. The third kappa shape index (κ3) is 2.36. The molecule has 1 aliphatic rings. The van der Waals surface area contributed by atoms with Crippen molar-refractivity contribution in [3.63, 3.8) is 0 Å². The Hall–Kier alpha value is -2.37. The second-order valence-electron chi connectivity index (χ2n) is 4.91. The Morgan fingerprint density at radius 1 is 1.40 bits per heavy atom. The van der Waals surface area contributed by atoms with Crippen LogP contribution < -0.4 is 11.1 Å². The normalized spacial score (nSPS) is 14.2.